The number of piperidine rings is 1. The topological polar surface area (TPSA) is 71.5 Å². The fraction of sp³-hybridized carbons (Fsp3) is 0.467. The van der Waals surface area contributed by atoms with Crippen molar-refractivity contribution < 1.29 is 14.3 Å². The molecule has 1 amide bonds. The summed E-state index contributed by atoms with van der Waals surface area (Å²) in [7, 11) is 1.87. The molecule has 1 fully saturated rings. The number of carbonyl (C=O) groups is 1. The Balaban J connectivity index is 1.62. The maximum atomic E-state index is 12.3. The highest BCUT2D eigenvalue weighted by atomic mass is 35.5. The van der Waals surface area contributed by atoms with Crippen LogP contribution in [0.1, 0.15) is 35.1 Å². The monoisotopic (exact) mass is 323 g/mol. The Kier molecular flexibility index (Phi) is 4.22. The second kappa shape index (κ2) is 6.14. The molecule has 0 saturated carbocycles. The number of hydrogen-bond acceptors (Lipinski definition) is 4. The van der Waals surface area contributed by atoms with E-state index in [1.807, 2.05) is 17.8 Å². The van der Waals surface area contributed by atoms with E-state index < -0.39 is 6.10 Å². The van der Waals surface area contributed by atoms with Gasteiger partial charge in [0.05, 0.1) is 11.8 Å². The first-order chi connectivity index (χ1) is 10.6. The molecule has 2 aromatic heterocycles. The normalized spacial score (nSPS) is 17.7. The largest absolute Gasteiger partial charge is 0.452 e. The summed E-state index contributed by atoms with van der Waals surface area (Å²) in [4.78, 5) is 18.3. The first-order valence-electron chi connectivity index (χ1n) is 7.25. The summed E-state index contributed by atoms with van der Waals surface area (Å²) in [6, 6.07) is 1.58. The molecule has 0 aromatic carbocycles. The number of furan rings is 1. The van der Waals surface area contributed by atoms with Gasteiger partial charge in [0.25, 0.3) is 5.91 Å². The quantitative estimate of drug-likeness (QED) is 0.940. The molecule has 0 bridgehead atoms. The summed E-state index contributed by atoms with van der Waals surface area (Å²) in [5.74, 6) is 0.649. The van der Waals surface area contributed by atoms with E-state index in [0.29, 0.717) is 24.5 Å². The molecule has 0 spiro atoms. The van der Waals surface area contributed by atoms with Gasteiger partial charge in [0, 0.05) is 32.5 Å². The van der Waals surface area contributed by atoms with Crippen LogP contribution in [0.25, 0.3) is 0 Å². The minimum Gasteiger partial charge on any atom is -0.452 e. The molecule has 1 atom stereocenters. The molecule has 6 nitrogen and oxygen atoms in total. The van der Waals surface area contributed by atoms with Gasteiger partial charge in [0.1, 0.15) is 11.9 Å². The molecule has 1 aliphatic heterocycles. The summed E-state index contributed by atoms with van der Waals surface area (Å²) in [6.07, 6.45) is 5.77. The van der Waals surface area contributed by atoms with Crippen molar-refractivity contribution in [2.75, 3.05) is 13.1 Å². The van der Waals surface area contributed by atoms with Crippen molar-refractivity contribution in [1.29, 1.82) is 0 Å². The van der Waals surface area contributed by atoms with Crippen LogP contribution < -0.4 is 0 Å². The molecule has 1 aliphatic rings. The number of carbonyl (C=O) groups excluding carboxylic acids is 1. The van der Waals surface area contributed by atoms with E-state index in [-0.39, 0.29) is 17.0 Å². The fourth-order valence-corrected chi connectivity index (χ4v) is 3.10. The Morgan fingerprint density at radius 2 is 2.23 bits per heavy atom. The number of imidazole rings is 1. The second-order valence-corrected chi connectivity index (χ2v) is 5.92. The predicted octanol–water partition coefficient (Wildman–Crippen LogP) is 2.25. The molecular formula is C15H18ClN3O3. The average Bonchev–Trinajstić information content (AvgIpc) is 3.14. The van der Waals surface area contributed by atoms with Gasteiger partial charge in [0.15, 0.2) is 0 Å². The number of aliphatic hydroxyl groups excluding tert-OH is 1. The molecule has 7 heteroatoms. The van der Waals surface area contributed by atoms with Gasteiger partial charge >= 0.3 is 0 Å². The smallest absolute Gasteiger partial charge is 0.258 e. The van der Waals surface area contributed by atoms with Crippen LogP contribution in [-0.4, -0.2) is 38.6 Å². The molecule has 2 aromatic rings. The SMILES string of the molecule is Cn1ccnc1C(O)C1CCN(C(=O)c2ccoc2Cl)CC1. The lowest BCUT2D eigenvalue weighted by atomic mass is 9.90. The third-order valence-corrected chi connectivity index (χ3v) is 4.54. The van der Waals surface area contributed by atoms with Gasteiger partial charge in [-0.05, 0) is 36.4 Å². The number of aliphatic hydroxyl groups is 1. The number of aromatic nitrogens is 2. The highest BCUT2D eigenvalue weighted by molar-refractivity contribution is 6.32. The van der Waals surface area contributed by atoms with Crippen molar-refractivity contribution in [2.45, 2.75) is 18.9 Å². The zero-order chi connectivity index (χ0) is 15.7. The van der Waals surface area contributed by atoms with Gasteiger partial charge in [-0.25, -0.2) is 4.98 Å². The Morgan fingerprint density at radius 3 is 2.77 bits per heavy atom. The summed E-state index contributed by atoms with van der Waals surface area (Å²) >= 11 is 5.85. The van der Waals surface area contributed by atoms with Crippen LogP contribution in [0, 0.1) is 5.92 Å². The lowest BCUT2D eigenvalue weighted by Crippen LogP contribution is -2.40. The number of amides is 1. The molecule has 0 radical (unpaired) electrons. The van der Waals surface area contributed by atoms with Crippen LogP contribution >= 0.6 is 11.6 Å². The molecule has 3 rings (SSSR count). The molecule has 1 unspecified atom stereocenters. The maximum Gasteiger partial charge on any atom is 0.258 e. The third kappa shape index (κ3) is 2.76. The molecule has 118 valence electrons. The lowest BCUT2D eigenvalue weighted by molar-refractivity contribution is 0.0420. The Labute approximate surface area is 133 Å². The van der Waals surface area contributed by atoms with Gasteiger partial charge in [-0.1, -0.05) is 0 Å². The molecule has 3 heterocycles. The van der Waals surface area contributed by atoms with Gasteiger partial charge in [-0.15, -0.1) is 0 Å². The van der Waals surface area contributed by atoms with Crippen LogP contribution in [0.3, 0.4) is 0 Å². The van der Waals surface area contributed by atoms with Gasteiger partial charge in [-0.2, -0.15) is 0 Å². The van der Waals surface area contributed by atoms with Crippen molar-refractivity contribution in [3.63, 3.8) is 0 Å². The Hall–Kier alpha value is -1.79. The molecule has 1 saturated heterocycles. The van der Waals surface area contributed by atoms with Crippen LogP contribution in [0.5, 0.6) is 0 Å². The standard InChI is InChI=1S/C15H18ClN3O3/c1-18-8-5-17-14(18)12(20)10-2-6-19(7-3-10)15(21)11-4-9-22-13(11)16/h4-5,8-10,12,20H,2-3,6-7H2,1H3. The Bertz CT molecular complexity index is 659. The van der Waals surface area contributed by atoms with Crippen LogP contribution in [0.15, 0.2) is 29.1 Å². The lowest BCUT2D eigenvalue weighted by Gasteiger charge is -2.33. The number of halogens is 1. The molecule has 22 heavy (non-hydrogen) atoms. The van der Waals surface area contributed by atoms with E-state index >= 15 is 0 Å². The highest BCUT2D eigenvalue weighted by Crippen LogP contribution is 2.30. The van der Waals surface area contributed by atoms with E-state index in [1.165, 1.54) is 6.26 Å². The van der Waals surface area contributed by atoms with Gasteiger partial charge in [0.2, 0.25) is 5.22 Å². The van der Waals surface area contributed by atoms with Crippen molar-refractivity contribution in [1.82, 2.24) is 14.5 Å². The first kappa shape index (κ1) is 15.1. The van der Waals surface area contributed by atoms with Crippen molar-refractivity contribution >= 4 is 17.5 Å². The number of rotatable bonds is 3. The number of aryl methyl sites for hydroxylation is 1. The van der Waals surface area contributed by atoms with E-state index in [9.17, 15) is 9.90 Å². The predicted molar refractivity (Wildman–Crippen MR) is 80.5 cm³/mol. The van der Waals surface area contributed by atoms with Crippen molar-refractivity contribution in [3.05, 3.63) is 41.3 Å². The molecular weight excluding hydrogens is 306 g/mol. The van der Waals surface area contributed by atoms with E-state index in [0.717, 1.165) is 12.8 Å². The summed E-state index contributed by atoms with van der Waals surface area (Å²) in [5.41, 5.74) is 0.393. The van der Waals surface area contributed by atoms with E-state index in [4.69, 9.17) is 16.0 Å². The second-order valence-electron chi connectivity index (χ2n) is 5.58. The summed E-state index contributed by atoms with van der Waals surface area (Å²) < 4.78 is 6.79. The Morgan fingerprint density at radius 1 is 1.50 bits per heavy atom. The average molecular weight is 324 g/mol. The zero-order valence-corrected chi connectivity index (χ0v) is 13.0. The third-order valence-electron chi connectivity index (χ3n) is 4.24. The van der Waals surface area contributed by atoms with Crippen molar-refractivity contribution in [2.24, 2.45) is 13.0 Å². The number of likely N-dealkylation sites (tertiary alicyclic amines) is 1. The van der Waals surface area contributed by atoms with Crippen LogP contribution in [0.2, 0.25) is 5.22 Å². The van der Waals surface area contributed by atoms with Crippen LogP contribution in [0.4, 0.5) is 0 Å². The highest BCUT2D eigenvalue weighted by Gasteiger charge is 2.31. The van der Waals surface area contributed by atoms with E-state index in [2.05, 4.69) is 4.98 Å². The van der Waals surface area contributed by atoms with E-state index in [1.54, 1.807) is 17.2 Å². The summed E-state index contributed by atoms with van der Waals surface area (Å²) in [5, 5.41) is 10.6. The van der Waals surface area contributed by atoms with Crippen LogP contribution in [-0.2, 0) is 7.05 Å². The van der Waals surface area contributed by atoms with Gasteiger partial charge in [-0.3, -0.25) is 4.79 Å². The zero-order valence-electron chi connectivity index (χ0n) is 12.3. The molecule has 0 aliphatic carbocycles. The number of hydrogen-bond donors (Lipinski definition) is 1. The van der Waals surface area contributed by atoms with Crippen molar-refractivity contribution in [3.8, 4) is 0 Å². The first-order valence-corrected chi connectivity index (χ1v) is 7.63. The number of nitrogens with zero attached hydrogens (tertiary/aromatic N) is 3. The fourth-order valence-electron chi connectivity index (χ4n) is 2.91. The minimum absolute atomic E-state index is 0.102. The minimum atomic E-state index is -0.602. The molecule has 1 N–H and O–H groups in total. The van der Waals surface area contributed by atoms with Gasteiger partial charge < -0.3 is 19.0 Å². The maximum absolute atomic E-state index is 12.3. The summed E-state index contributed by atoms with van der Waals surface area (Å²) in [6.45, 7) is 1.18.